The number of anilines is 1. The van der Waals surface area contributed by atoms with Crippen molar-refractivity contribution in [3.8, 4) is 0 Å². The van der Waals surface area contributed by atoms with Gasteiger partial charge >= 0.3 is 0 Å². The number of methoxy groups -OCH3 is 1. The fourth-order valence-corrected chi connectivity index (χ4v) is 2.76. The average Bonchev–Trinajstić information content (AvgIpc) is 2.85. The summed E-state index contributed by atoms with van der Waals surface area (Å²) in [5.74, 6) is 0.820. The molecule has 1 atom stereocenters. The predicted molar refractivity (Wildman–Crippen MR) is 73.8 cm³/mol. The van der Waals surface area contributed by atoms with E-state index in [0.717, 1.165) is 18.2 Å². The van der Waals surface area contributed by atoms with Crippen LogP contribution in [0.4, 0.5) is 5.69 Å². The lowest BCUT2D eigenvalue weighted by atomic mass is 9.84. The van der Waals surface area contributed by atoms with Gasteiger partial charge in [-0.25, -0.2) is 0 Å². The van der Waals surface area contributed by atoms with Gasteiger partial charge in [0.15, 0.2) is 0 Å². The Bertz CT molecular complexity index is 345. The smallest absolute Gasteiger partial charge is 0.0728 e. The number of nitrogens with zero attached hydrogens (tertiary/aromatic N) is 2. The van der Waals surface area contributed by atoms with Gasteiger partial charge in [-0.2, -0.15) is 5.10 Å². The van der Waals surface area contributed by atoms with Crippen molar-refractivity contribution in [2.45, 2.75) is 51.6 Å². The quantitative estimate of drug-likeness (QED) is 0.845. The van der Waals surface area contributed by atoms with Crippen LogP contribution in [0.1, 0.15) is 39.0 Å². The molecule has 0 bridgehead atoms. The van der Waals surface area contributed by atoms with Gasteiger partial charge in [-0.15, -0.1) is 0 Å². The lowest BCUT2D eigenvalue weighted by Crippen LogP contribution is -2.27. The van der Waals surface area contributed by atoms with E-state index >= 15 is 0 Å². The maximum Gasteiger partial charge on any atom is 0.0728 e. The van der Waals surface area contributed by atoms with E-state index < -0.39 is 0 Å². The van der Waals surface area contributed by atoms with Crippen molar-refractivity contribution in [3.63, 3.8) is 0 Å². The van der Waals surface area contributed by atoms with Gasteiger partial charge in [0.05, 0.1) is 25.0 Å². The van der Waals surface area contributed by atoms with E-state index in [-0.39, 0.29) is 0 Å². The summed E-state index contributed by atoms with van der Waals surface area (Å²) >= 11 is 0. The molecule has 0 radical (unpaired) electrons. The second-order valence-electron chi connectivity index (χ2n) is 5.32. The summed E-state index contributed by atoms with van der Waals surface area (Å²) in [6, 6.07) is 0.547. The number of ether oxygens (including phenoxy) is 1. The first-order chi connectivity index (χ1) is 8.79. The van der Waals surface area contributed by atoms with Crippen LogP contribution < -0.4 is 5.32 Å². The Kier molecular flexibility index (Phi) is 5.05. The highest BCUT2D eigenvalue weighted by atomic mass is 16.5. The van der Waals surface area contributed by atoms with Crippen molar-refractivity contribution in [2.24, 2.45) is 5.92 Å². The fraction of sp³-hybridized carbons (Fsp3) is 0.786. The molecule has 2 rings (SSSR count). The highest BCUT2D eigenvalue weighted by Crippen LogP contribution is 2.27. The predicted octanol–water partition coefficient (Wildman–Crippen LogP) is 2.91. The number of hydrogen-bond donors (Lipinski definition) is 1. The Labute approximate surface area is 110 Å². The van der Waals surface area contributed by atoms with Crippen LogP contribution in [-0.2, 0) is 11.3 Å². The molecule has 1 aromatic rings. The largest absolute Gasteiger partial charge is 0.383 e. The van der Waals surface area contributed by atoms with Crippen molar-refractivity contribution in [1.29, 1.82) is 0 Å². The summed E-state index contributed by atoms with van der Waals surface area (Å²) in [6.07, 6.45) is 10.9. The molecule has 4 heteroatoms. The van der Waals surface area contributed by atoms with Crippen molar-refractivity contribution in [3.05, 3.63) is 12.4 Å². The summed E-state index contributed by atoms with van der Waals surface area (Å²) < 4.78 is 6.98. The highest BCUT2D eigenvalue weighted by molar-refractivity contribution is 5.39. The zero-order valence-electron chi connectivity index (χ0n) is 11.6. The van der Waals surface area contributed by atoms with E-state index in [2.05, 4.69) is 23.5 Å². The van der Waals surface area contributed by atoms with E-state index in [1.54, 1.807) is 7.11 Å². The molecule has 0 amide bonds. The monoisotopic (exact) mass is 251 g/mol. The third-order valence-corrected chi connectivity index (χ3v) is 3.91. The van der Waals surface area contributed by atoms with Crippen LogP contribution in [0, 0.1) is 5.92 Å². The van der Waals surface area contributed by atoms with E-state index in [1.807, 2.05) is 10.9 Å². The first-order valence-electron chi connectivity index (χ1n) is 7.07. The second kappa shape index (κ2) is 6.78. The van der Waals surface area contributed by atoms with Crippen LogP contribution in [-0.4, -0.2) is 29.5 Å². The third-order valence-electron chi connectivity index (χ3n) is 3.91. The topological polar surface area (TPSA) is 39.1 Å². The Morgan fingerprint density at radius 2 is 2.22 bits per heavy atom. The lowest BCUT2D eigenvalue weighted by molar-refractivity contribution is 0.183. The molecule has 4 nitrogen and oxygen atoms in total. The van der Waals surface area contributed by atoms with Crippen LogP contribution in [0.3, 0.4) is 0 Å². The third kappa shape index (κ3) is 3.73. The van der Waals surface area contributed by atoms with E-state index in [4.69, 9.17) is 4.74 Å². The molecule has 18 heavy (non-hydrogen) atoms. The van der Waals surface area contributed by atoms with Crippen molar-refractivity contribution in [1.82, 2.24) is 9.78 Å². The second-order valence-corrected chi connectivity index (χ2v) is 5.32. The summed E-state index contributed by atoms with van der Waals surface area (Å²) in [7, 11) is 1.72. The molecule has 0 saturated heterocycles. The molecule has 102 valence electrons. The molecule has 1 N–H and O–H groups in total. The molecular formula is C14H25N3O. The first-order valence-corrected chi connectivity index (χ1v) is 7.07. The zero-order chi connectivity index (χ0) is 12.8. The molecule has 1 heterocycles. The molecule has 1 aliphatic carbocycles. The fourth-order valence-electron chi connectivity index (χ4n) is 2.76. The van der Waals surface area contributed by atoms with Gasteiger partial charge in [-0.3, -0.25) is 4.68 Å². The Morgan fingerprint density at radius 3 is 2.94 bits per heavy atom. The minimum Gasteiger partial charge on any atom is -0.383 e. The molecule has 1 fully saturated rings. The van der Waals surface area contributed by atoms with Crippen molar-refractivity contribution < 1.29 is 4.74 Å². The SMILES string of the molecule is COCCn1cc(NC(C)C2CCCCC2)cn1. The van der Waals surface area contributed by atoms with Crippen LogP contribution in [0.25, 0.3) is 0 Å². The first kappa shape index (κ1) is 13.4. The summed E-state index contributed by atoms with van der Waals surface area (Å²) in [5.41, 5.74) is 1.13. The van der Waals surface area contributed by atoms with Crippen LogP contribution in [0.2, 0.25) is 0 Å². The van der Waals surface area contributed by atoms with Crippen LogP contribution >= 0.6 is 0 Å². The number of aromatic nitrogens is 2. The average molecular weight is 251 g/mol. The maximum absolute atomic E-state index is 5.05. The standard InChI is InChI=1S/C14H25N3O/c1-12(13-6-4-3-5-7-13)16-14-10-15-17(11-14)8-9-18-2/h10-13,16H,3-9H2,1-2H3. The minimum atomic E-state index is 0.547. The molecule has 1 saturated carbocycles. The molecule has 1 unspecified atom stereocenters. The van der Waals surface area contributed by atoms with Gasteiger partial charge in [0.1, 0.15) is 0 Å². The molecule has 0 spiro atoms. The van der Waals surface area contributed by atoms with Crippen LogP contribution in [0.5, 0.6) is 0 Å². The molecule has 0 aliphatic heterocycles. The van der Waals surface area contributed by atoms with Gasteiger partial charge in [-0.1, -0.05) is 19.3 Å². The Hall–Kier alpha value is -1.03. The minimum absolute atomic E-state index is 0.547. The van der Waals surface area contributed by atoms with Crippen LogP contribution in [0.15, 0.2) is 12.4 Å². The highest BCUT2D eigenvalue weighted by Gasteiger charge is 2.20. The van der Waals surface area contributed by atoms with Gasteiger partial charge in [0.25, 0.3) is 0 Å². The summed E-state index contributed by atoms with van der Waals surface area (Å²) in [5, 5.41) is 7.91. The Balaban J connectivity index is 1.82. The normalized spacial score (nSPS) is 18.8. The van der Waals surface area contributed by atoms with Gasteiger partial charge in [-0.05, 0) is 25.7 Å². The summed E-state index contributed by atoms with van der Waals surface area (Å²) in [6.45, 7) is 3.82. The van der Waals surface area contributed by atoms with E-state index in [9.17, 15) is 0 Å². The zero-order valence-corrected chi connectivity index (χ0v) is 11.6. The number of nitrogens with one attached hydrogen (secondary N) is 1. The van der Waals surface area contributed by atoms with Gasteiger partial charge in [0, 0.05) is 19.3 Å². The Morgan fingerprint density at radius 1 is 1.44 bits per heavy atom. The number of rotatable bonds is 6. The van der Waals surface area contributed by atoms with E-state index in [1.165, 1.54) is 32.1 Å². The molecule has 1 aromatic heterocycles. The van der Waals surface area contributed by atoms with E-state index in [0.29, 0.717) is 12.6 Å². The van der Waals surface area contributed by atoms with Crippen molar-refractivity contribution >= 4 is 5.69 Å². The summed E-state index contributed by atoms with van der Waals surface area (Å²) in [4.78, 5) is 0. The van der Waals surface area contributed by atoms with Crippen molar-refractivity contribution in [2.75, 3.05) is 19.0 Å². The molecular weight excluding hydrogens is 226 g/mol. The number of hydrogen-bond acceptors (Lipinski definition) is 3. The van der Waals surface area contributed by atoms with Gasteiger partial charge < -0.3 is 10.1 Å². The van der Waals surface area contributed by atoms with Gasteiger partial charge in [0.2, 0.25) is 0 Å². The maximum atomic E-state index is 5.05. The molecule has 0 aromatic carbocycles. The lowest BCUT2D eigenvalue weighted by Gasteiger charge is -2.28. The molecule has 1 aliphatic rings.